The fourth-order valence-electron chi connectivity index (χ4n) is 2.56. The van der Waals surface area contributed by atoms with Gasteiger partial charge in [0.25, 0.3) is 11.5 Å². The number of alkyl halides is 2. The first-order valence-electron chi connectivity index (χ1n) is 7.96. The average molecular weight is 365 g/mol. The molecule has 0 aliphatic heterocycles. The van der Waals surface area contributed by atoms with Crippen molar-refractivity contribution < 1.29 is 23.0 Å². The number of rotatable bonds is 7. The van der Waals surface area contributed by atoms with Crippen molar-refractivity contribution in [3.8, 4) is 11.5 Å². The van der Waals surface area contributed by atoms with Gasteiger partial charge >= 0.3 is 6.61 Å². The second-order valence-electron chi connectivity index (χ2n) is 5.83. The SMILES string of the molecule is COc1cc(CN(C(=O)c2ccc(=O)[nH]n2)C2CC2)ccc1OC(F)F. The monoisotopic (exact) mass is 365 g/mol. The molecule has 1 saturated carbocycles. The molecule has 1 amide bonds. The Kier molecular flexibility index (Phi) is 5.15. The van der Waals surface area contributed by atoms with Crippen LogP contribution in [0.5, 0.6) is 11.5 Å². The first-order chi connectivity index (χ1) is 12.5. The molecule has 0 saturated heterocycles. The van der Waals surface area contributed by atoms with Crippen molar-refractivity contribution in [2.75, 3.05) is 7.11 Å². The summed E-state index contributed by atoms with van der Waals surface area (Å²) in [6, 6.07) is 7.23. The molecule has 1 heterocycles. The number of amides is 1. The van der Waals surface area contributed by atoms with Crippen molar-refractivity contribution in [3.63, 3.8) is 0 Å². The van der Waals surface area contributed by atoms with Gasteiger partial charge in [-0.3, -0.25) is 9.59 Å². The molecule has 1 aromatic carbocycles. The van der Waals surface area contributed by atoms with Crippen LogP contribution in [0.1, 0.15) is 28.9 Å². The maximum Gasteiger partial charge on any atom is 0.387 e. The van der Waals surface area contributed by atoms with Crippen LogP contribution < -0.4 is 15.0 Å². The zero-order valence-corrected chi connectivity index (χ0v) is 13.9. The number of nitrogens with one attached hydrogen (secondary N) is 1. The number of carbonyl (C=O) groups excluding carboxylic acids is 1. The number of nitrogens with zero attached hydrogens (tertiary/aromatic N) is 2. The third-order valence-corrected chi connectivity index (χ3v) is 3.94. The van der Waals surface area contributed by atoms with E-state index in [9.17, 15) is 18.4 Å². The molecule has 0 radical (unpaired) electrons. The lowest BCUT2D eigenvalue weighted by molar-refractivity contribution is -0.0512. The maximum absolute atomic E-state index is 12.7. The average Bonchev–Trinajstić information content (AvgIpc) is 3.45. The van der Waals surface area contributed by atoms with Gasteiger partial charge in [-0.05, 0) is 36.6 Å². The summed E-state index contributed by atoms with van der Waals surface area (Å²) in [5, 5.41) is 6.02. The van der Waals surface area contributed by atoms with E-state index < -0.39 is 6.61 Å². The van der Waals surface area contributed by atoms with Crippen molar-refractivity contribution in [2.45, 2.75) is 32.0 Å². The van der Waals surface area contributed by atoms with Crippen LogP contribution in [-0.4, -0.2) is 40.8 Å². The van der Waals surface area contributed by atoms with Gasteiger partial charge in [-0.2, -0.15) is 13.9 Å². The predicted octanol–water partition coefficient (Wildman–Crippen LogP) is 2.18. The number of halogens is 2. The highest BCUT2D eigenvalue weighted by Crippen LogP contribution is 2.33. The summed E-state index contributed by atoms with van der Waals surface area (Å²) in [6.45, 7) is -2.69. The molecular formula is C17H17F2N3O4. The van der Waals surface area contributed by atoms with E-state index in [-0.39, 0.29) is 41.2 Å². The number of benzene rings is 1. The highest BCUT2D eigenvalue weighted by Gasteiger charge is 2.33. The lowest BCUT2D eigenvalue weighted by atomic mass is 10.1. The fraction of sp³-hybridized carbons (Fsp3) is 0.353. The Hall–Kier alpha value is -2.97. The van der Waals surface area contributed by atoms with Crippen molar-refractivity contribution in [3.05, 3.63) is 51.9 Å². The van der Waals surface area contributed by atoms with E-state index >= 15 is 0 Å². The van der Waals surface area contributed by atoms with Gasteiger partial charge in [0.15, 0.2) is 11.5 Å². The lowest BCUT2D eigenvalue weighted by Gasteiger charge is -2.22. The molecule has 1 fully saturated rings. The quantitative estimate of drug-likeness (QED) is 0.813. The number of hydrogen-bond acceptors (Lipinski definition) is 5. The van der Waals surface area contributed by atoms with Crippen LogP contribution in [0, 0.1) is 0 Å². The van der Waals surface area contributed by atoms with E-state index in [4.69, 9.17) is 4.74 Å². The number of methoxy groups -OCH3 is 1. The van der Waals surface area contributed by atoms with Crippen LogP contribution in [0.2, 0.25) is 0 Å². The standard InChI is InChI=1S/C17H17F2N3O4/c1-25-14-8-10(2-6-13(14)26-17(18)19)9-22(11-3-4-11)16(24)12-5-7-15(23)21-20-12/h2,5-8,11,17H,3-4,9H2,1H3,(H,21,23). The van der Waals surface area contributed by atoms with Gasteiger partial charge in [-0.15, -0.1) is 0 Å². The molecule has 9 heteroatoms. The van der Waals surface area contributed by atoms with E-state index in [1.807, 2.05) is 0 Å². The minimum atomic E-state index is -2.95. The second kappa shape index (κ2) is 7.51. The molecule has 1 aliphatic carbocycles. The zero-order chi connectivity index (χ0) is 18.7. The first kappa shape index (κ1) is 17.8. The molecule has 3 rings (SSSR count). The van der Waals surface area contributed by atoms with Crippen molar-refractivity contribution >= 4 is 5.91 Å². The number of hydrogen-bond donors (Lipinski definition) is 1. The largest absolute Gasteiger partial charge is 0.493 e. The molecular weight excluding hydrogens is 348 g/mol. The zero-order valence-electron chi connectivity index (χ0n) is 13.9. The van der Waals surface area contributed by atoms with Gasteiger partial charge in [-0.1, -0.05) is 6.07 Å². The van der Waals surface area contributed by atoms with Crippen molar-refractivity contribution in [2.24, 2.45) is 0 Å². The molecule has 1 aliphatic rings. The number of carbonyl (C=O) groups is 1. The number of ether oxygens (including phenoxy) is 2. The fourth-order valence-corrected chi connectivity index (χ4v) is 2.56. The van der Waals surface area contributed by atoms with E-state index in [0.717, 1.165) is 12.8 Å². The summed E-state index contributed by atoms with van der Waals surface area (Å²) in [5.74, 6) is -0.221. The van der Waals surface area contributed by atoms with Crippen molar-refractivity contribution in [1.82, 2.24) is 15.1 Å². The molecule has 1 aromatic heterocycles. The molecule has 7 nitrogen and oxygen atoms in total. The van der Waals surface area contributed by atoms with Crippen LogP contribution in [0.3, 0.4) is 0 Å². The molecule has 26 heavy (non-hydrogen) atoms. The summed E-state index contributed by atoms with van der Waals surface area (Å²) in [6.07, 6.45) is 1.75. The third-order valence-electron chi connectivity index (χ3n) is 3.94. The first-order valence-corrected chi connectivity index (χ1v) is 7.96. The van der Waals surface area contributed by atoms with E-state index in [1.165, 1.54) is 25.3 Å². The van der Waals surface area contributed by atoms with Crippen LogP contribution in [0.25, 0.3) is 0 Å². The minimum absolute atomic E-state index is 0.0714. The Morgan fingerprint density at radius 1 is 1.31 bits per heavy atom. The molecule has 2 aromatic rings. The number of aromatic nitrogens is 2. The third kappa shape index (κ3) is 4.16. The van der Waals surface area contributed by atoms with Crippen LogP contribution in [-0.2, 0) is 6.54 Å². The van der Waals surface area contributed by atoms with E-state index in [2.05, 4.69) is 14.9 Å². The smallest absolute Gasteiger partial charge is 0.387 e. The summed E-state index contributed by atoms with van der Waals surface area (Å²) < 4.78 is 34.3. The highest BCUT2D eigenvalue weighted by atomic mass is 19.3. The van der Waals surface area contributed by atoms with Gasteiger partial charge in [0, 0.05) is 18.7 Å². The predicted molar refractivity (Wildman–Crippen MR) is 87.4 cm³/mol. The minimum Gasteiger partial charge on any atom is -0.493 e. The Balaban J connectivity index is 1.81. The van der Waals surface area contributed by atoms with Gasteiger partial charge in [-0.25, -0.2) is 5.10 Å². The van der Waals surface area contributed by atoms with Crippen LogP contribution >= 0.6 is 0 Å². The Morgan fingerprint density at radius 2 is 2.08 bits per heavy atom. The number of H-pyrrole nitrogens is 1. The molecule has 0 bridgehead atoms. The van der Waals surface area contributed by atoms with E-state index in [0.29, 0.717) is 5.56 Å². The van der Waals surface area contributed by atoms with Crippen LogP contribution in [0.4, 0.5) is 8.78 Å². The Morgan fingerprint density at radius 3 is 2.65 bits per heavy atom. The lowest BCUT2D eigenvalue weighted by Crippen LogP contribution is -2.33. The number of aromatic amines is 1. The van der Waals surface area contributed by atoms with Crippen molar-refractivity contribution in [1.29, 1.82) is 0 Å². The molecule has 0 unspecified atom stereocenters. The topological polar surface area (TPSA) is 84.5 Å². The molecule has 0 atom stereocenters. The summed E-state index contributed by atoms with van der Waals surface area (Å²) in [5.41, 5.74) is 0.452. The Labute approximate surface area is 147 Å². The summed E-state index contributed by atoms with van der Waals surface area (Å²) >= 11 is 0. The second-order valence-corrected chi connectivity index (χ2v) is 5.83. The van der Waals surface area contributed by atoms with Crippen LogP contribution in [0.15, 0.2) is 35.1 Å². The molecule has 138 valence electrons. The molecule has 1 N–H and O–H groups in total. The van der Waals surface area contributed by atoms with Gasteiger partial charge < -0.3 is 14.4 Å². The summed E-state index contributed by atoms with van der Waals surface area (Å²) in [4.78, 5) is 25.4. The molecule has 0 spiro atoms. The van der Waals surface area contributed by atoms with Gasteiger partial charge in [0.1, 0.15) is 5.69 Å². The Bertz CT molecular complexity index is 832. The maximum atomic E-state index is 12.7. The van der Waals surface area contributed by atoms with Gasteiger partial charge in [0.2, 0.25) is 0 Å². The normalized spacial score (nSPS) is 13.5. The van der Waals surface area contributed by atoms with E-state index in [1.54, 1.807) is 17.0 Å². The summed E-state index contributed by atoms with van der Waals surface area (Å²) in [7, 11) is 1.35. The van der Waals surface area contributed by atoms with Gasteiger partial charge in [0.05, 0.1) is 7.11 Å². The highest BCUT2D eigenvalue weighted by molar-refractivity contribution is 5.92.